The van der Waals surface area contributed by atoms with E-state index >= 15 is 0 Å². The lowest BCUT2D eigenvalue weighted by atomic mass is 9.94. The van der Waals surface area contributed by atoms with Crippen LogP contribution in [0.3, 0.4) is 0 Å². The highest BCUT2D eigenvalue weighted by Crippen LogP contribution is 2.31. The van der Waals surface area contributed by atoms with Crippen molar-refractivity contribution in [2.24, 2.45) is 5.92 Å². The summed E-state index contributed by atoms with van der Waals surface area (Å²) in [4.78, 5) is 2.74. The van der Waals surface area contributed by atoms with Crippen molar-refractivity contribution >= 4 is 27.4 Å². The molecule has 0 radical (unpaired) electrons. The highest BCUT2D eigenvalue weighted by Gasteiger charge is 2.31. The van der Waals surface area contributed by atoms with Gasteiger partial charge in [-0.15, -0.1) is 0 Å². The Morgan fingerprint density at radius 2 is 1.35 bits per heavy atom. The van der Waals surface area contributed by atoms with E-state index in [9.17, 15) is 8.42 Å². The number of rotatable bonds is 11. The molecule has 3 aromatic rings. The molecule has 3 N–H and O–H groups in total. The maximum atomic E-state index is 13.6. The number of aryl methyl sites for hydroxylation is 1. The molecule has 0 aliphatic carbocycles. The molecule has 4 rings (SSSR count). The number of nitrogens with zero attached hydrogens (tertiary/aromatic N) is 1. The minimum absolute atomic E-state index is 0.175. The molecule has 0 saturated carbocycles. The van der Waals surface area contributed by atoms with E-state index in [0.717, 1.165) is 36.3 Å². The fourth-order valence-corrected chi connectivity index (χ4v) is 6.67. The zero-order chi connectivity index (χ0) is 28.5. The largest absolute Gasteiger partial charge is 0.358 e. The molecule has 0 bridgehead atoms. The zero-order valence-corrected chi connectivity index (χ0v) is 25.3. The molecule has 1 aliphatic rings. The van der Waals surface area contributed by atoms with Crippen molar-refractivity contribution in [3.63, 3.8) is 0 Å². The molecule has 214 valence electrons. The molecule has 8 heteroatoms. The van der Waals surface area contributed by atoms with Crippen LogP contribution in [0.5, 0.6) is 0 Å². The topological polar surface area (TPSA) is 73.5 Å². The van der Waals surface area contributed by atoms with E-state index < -0.39 is 22.1 Å². The Labute approximate surface area is 245 Å². The third-order valence-corrected chi connectivity index (χ3v) is 9.27. The van der Waals surface area contributed by atoms with Crippen molar-refractivity contribution < 1.29 is 8.42 Å². The van der Waals surface area contributed by atoms with Crippen LogP contribution in [0.25, 0.3) is 0 Å². The standard InChI is InChI=1S/C32H42N4O2S2/c1-24(2)29(23-36-21-11-6-12-22-36)33-32(39)34-30(26-13-7-4-8-14-26)31(27-15-9-5-10-16-27)35-40(37,38)28-19-17-25(3)18-20-28/h4-5,7-10,13-20,24,29-31,35H,6,11-12,21-23H2,1-3H3,(H2,33,34,39)/t29-,30+,31+/m1/s1. The maximum Gasteiger partial charge on any atom is 0.241 e. The molecule has 0 spiro atoms. The van der Waals surface area contributed by atoms with E-state index in [1.807, 2.05) is 79.7 Å². The average molecular weight is 579 g/mol. The molecule has 0 aromatic heterocycles. The summed E-state index contributed by atoms with van der Waals surface area (Å²) in [6, 6.07) is 25.6. The molecule has 3 aromatic carbocycles. The Kier molecular flexibility index (Phi) is 10.7. The van der Waals surface area contributed by atoms with E-state index in [4.69, 9.17) is 12.2 Å². The maximum absolute atomic E-state index is 13.6. The van der Waals surface area contributed by atoms with Crippen LogP contribution in [0.4, 0.5) is 0 Å². The third kappa shape index (κ3) is 8.36. The molecule has 40 heavy (non-hydrogen) atoms. The Balaban J connectivity index is 1.63. The summed E-state index contributed by atoms with van der Waals surface area (Å²) in [6.45, 7) is 9.53. The monoisotopic (exact) mass is 578 g/mol. The van der Waals surface area contributed by atoms with Gasteiger partial charge in [-0.2, -0.15) is 0 Å². The molecule has 0 amide bonds. The van der Waals surface area contributed by atoms with Crippen molar-refractivity contribution in [3.8, 4) is 0 Å². The lowest BCUT2D eigenvalue weighted by Crippen LogP contribution is -2.52. The summed E-state index contributed by atoms with van der Waals surface area (Å²) in [6.07, 6.45) is 3.78. The van der Waals surface area contributed by atoms with Crippen molar-refractivity contribution in [1.29, 1.82) is 0 Å². The number of piperidine rings is 1. The number of thiocarbonyl (C=S) groups is 1. The van der Waals surface area contributed by atoms with Crippen molar-refractivity contribution in [3.05, 3.63) is 102 Å². The molecule has 1 saturated heterocycles. The molecule has 1 fully saturated rings. The van der Waals surface area contributed by atoms with Crippen LogP contribution in [0.1, 0.15) is 61.9 Å². The summed E-state index contributed by atoms with van der Waals surface area (Å²) in [5.74, 6) is 0.377. The van der Waals surface area contributed by atoms with Crippen LogP contribution >= 0.6 is 12.2 Å². The van der Waals surface area contributed by atoms with Crippen LogP contribution in [-0.4, -0.2) is 44.1 Å². The van der Waals surface area contributed by atoms with Gasteiger partial charge in [-0.25, -0.2) is 13.1 Å². The SMILES string of the molecule is Cc1ccc(S(=O)(=O)N[C@@H](c2ccccc2)[C@@H](NC(=S)N[C@H](CN2CCCCC2)C(C)C)c2ccccc2)cc1. The van der Waals surface area contributed by atoms with Crippen LogP contribution in [0.2, 0.25) is 0 Å². The highest BCUT2D eigenvalue weighted by atomic mass is 32.2. The van der Waals surface area contributed by atoms with E-state index in [2.05, 4.69) is 34.1 Å². The third-order valence-electron chi connectivity index (χ3n) is 7.58. The summed E-state index contributed by atoms with van der Waals surface area (Å²) in [5, 5.41) is 7.60. The first-order valence-electron chi connectivity index (χ1n) is 14.2. The van der Waals surface area contributed by atoms with E-state index in [-0.39, 0.29) is 10.9 Å². The van der Waals surface area contributed by atoms with Crippen molar-refractivity contribution in [2.75, 3.05) is 19.6 Å². The Morgan fingerprint density at radius 1 is 0.800 bits per heavy atom. The summed E-state index contributed by atoms with van der Waals surface area (Å²) < 4.78 is 30.3. The minimum Gasteiger partial charge on any atom is -0.358 e. The number of likely N-dealkylation sites (tertiary alicyclic amines) is 1. The molecule has 0 unspecified atom stereocenters. The van der Waals surface area contributed by atoms with E-state index in [1.165, 1.54) is 19.3 Å². The van der Waals surface area contributed by atoms with Gasteiger partial charge in [0.15, 0.2) is 5.11 Å². The van der Waals surface area contributed by atoms with Gasteiger partial charge in [0.25, 0.3) is 0 Å². The Morgan fingerprint density at radius 3 is 1.90 bits per heavy atom. The smallest absolute Gasteiger partial charge is 0.241 e. The van der Waals surface area contributed by atoms with E-state index in [1.54, 1.807) is 12.1 Å². The summed E-state index contributed by atoms with van der Waals surface area (Å²) >= 11 is 5.89. The van der Waals surface area contributed by atoms with Crippen LogP contribution in [-0.2, 0) is 10.0 Å². The second-order valence-corrected chi connectivity index (χ2v) is 13.2. The van der Waals surface area contributed by atoms with Gasteiger partial charge >= 0.3 is 0 Å². The first-order chi connectivity index (χ1) is 19.2. The van der Waals surface area contributed by atoms with Crippen LogP contribution in [0, 0.1) is 12.8 Å². The van der Waals surface area contributed by atoms with Gasteiger partial charge in [0.1, 0.15) is 0 Å². The number of hydrogen-bond donors (Lipinski definition) is 3. The van der Waals surface area contributed by atoms with Gasteiger partial charge in [-0.3, -0.25) is 0 Å². The highest BCUT2D eigenvalue weighted by molar-refractivity contribution is 7.89. The lowest BCUT2D eigenvalue weighted by Gasteiger charge is -2.35. The summed E-state index contributed by atoms with van der Waals surface area (Å²) in [5.41, 5.74) is 2.78. The fourth-order valence-electron chi connectivity index (χ4n) is 5.16. The first-order valence-corrected chi connectivity index (χ1v) is 16.1. The Bertz CT molecular complexity index is 1310. The van der Waals surface area contributed by atoms with Gasteiger partial charge in [-0.05, 0) is 74.3 Å². The molecule has 3 atom stereocenters. The normalized spacial score (nSPS) is 16.7. The first kappa shape index (κ1) is 30.2. The van der Waals surface area contributed by atoms with Crippen LogP contribution in [0.15, 0.2) is 89.8 Å². The quantitative estimate of drug-likeness (QED) is 0.253. The summed E-state index contributed by atoms with van der Waals surface area (Å²) in [7, 11) is -3.83. The van der Waals surface area contributed by atoms with Crippen molar-refractivity contribution in [1.82, 2.24) is 20.3 Å². The van der Waals surface area contributed by atoms with Crippen LogP contribution < -0.4 is 15.4 Å². The Hall–Kier alpha value is -2.78. The molecule has 6 nitrogen and oxygen atoms in total. The second kappa shape index (κ2) is 14.2. The number of benzene rings is 3. The molecule has 1 heterocycles. The van der Waals surface area contributed by atoms with Gasteiger partial charge in [-0.1, -0.05) is 98.6 Å². The fraction of sp³-hybridized carbons (Fsp3) is 0.406. The average Bonchev–Trinajstić information content (AvgIpc) is 2.96. The number of sulfonamides is 1. The van der Waals surface area contributed by atoms with Gasteiger partial charge in [0, 0.05) is 12.6 Å². The zero-order valence-electron chi connectivity index (χ0n) is 23.7. The predicted octanol–water partition coefficient (Wildman–Crippen LogP) is 5.73. The number of hydrogen-bond acceptors (Lipinski definition) is 4. The minimum atomic E-state index is -3.83. The second-order valence-electron chi connectivity index (χ2n) is 11.0. The van der Waals surface area contributed by atoms with Gasteiger partial charge in [0.2, 0.25) is 10.0 Å². The molecule has 1 aliphatic heterocycles. The molecular weight excluding hydrogens is 537 g/mol. The lowest BCUT2D eigenvalue weighted by molar-refractivity contribution is 0.195. The predicted molar refractivity (Wildman–Crippen MR) is 168 cm³/mol. The number of nitrogens with one attached hydrogen (secondary N) is 3. The van der Waals surface area contributed by atoms with Gasteiger partial charge in [0.05, 0.1) is 17.0 Å². The van der Waals surface area contributed by atoms with Crippen molar-refractivity contribution in [2.45, 2.75) is 63.1 Å². The van der Waals surface area contributed by atoms with E-state index in [0.29, 0.717) is 11.0 Å². The molecular formula is C32H42N4O2S2. The van der Waals surface area contributed by atoms with Gasteiger partial charge < -0.3 is 15.5 Å².